The summed E-state index contributed by atoms with van der Waals surface area (Å²) in [6, 6.07) is 0.515. The largest absolute Gasteiger partial charge is 0.316 e. The van der Waals surface area contributed by atoms with Gasteiger partial charge in [-0.2, -0.15) is 4.80 Å². The van der Waals surface area contributed by atoms with Crippen LogP contribution in [0, 0.1) is 5.92 Å². The van der Waals surface area contributed by atoms with Crippen molar-refractivity contribution in [2.24, 2.45) is 5.92 Å². The molecule has 2 fully saturated rings. The van der Waals surface area contributed by atoms with Crippen molar-refractivity contribution >= 4 is 0 Å². The molecule has 0 aromatic carbocycles. The van der Waals surface area contributed by atoms with Crippen LogP contribution in [0.3, 0.4) is 0 Å². The van der Waals surface area contributed by atoms with E-state index in [1.807, 2.05) is 4.80 Å². The van der Waals surface area contributed by atoms with Gasteiger partial charge in [-0.05, 0) is 49.9 Å². The molecule has 1 unspecified atom stereocenters. The van der Waals surface area contributed by atoms with E-state index in [-0.39, 0.29) is 0 Å². The normalized spacial score (nSPS) is 26.5. The maximum atomic E-state index is 4.55. The number of nitrogens with zero attached hydrogens (tertiary/aromatic N) is 4. The molecule has 3 rings (SSSR count). The zero-order valence-electron chi connectivity index (χ0n) is 10.3. The van der Waals surface area contributed by atoms with Crippen molar-refractivity contribution in [3.63, 3.8) is 0 Å². The predicted octanol–water partition coefficient (Wildman–Crippen LogP) is 1.33. The number of aromatic nitrogens is 4. The Morgan fingerprint density at radius 2 is 2.06 bits per heavy atom. The molecule has 1 aromatic heterocycles. The lowest BCUT2D eigenvalue weighted by atomic mass is 9.96. The van der Waals surface area contributed by atoms with E-state index in [1.165, 1.54) is 45.1 Å². The van der Waals surface area contributed by atoms with Gasteiger partial charge in [-0.15, -0.1) is 10.2 Å². The second-order valence-electron chi connectivity index (χ2n) is 5.38. The zero-order chi connectivity index (χ0) is 11.5. The van der Waals surface area contributed by atoms with E-state index in [0.717, 1.165) is 18.8 Å². The summed E-state index contributed by atoms with van der Waals surface area (Å²) in [6.45, 7) is 2.27. The minimum atomic E-state index is 0.515. The molecule has 1 atom stereocenters. The fourth-order valence-electron chi connectivity index (χ4n) is 2.98. The standard InChI is InChI=1S/C12H21N5/c1-2-6-11(5-1)17-15-12(14-16-17)8-10-4-3-7-13-9-10/h10-11,13H,1-9H2. The van der Waals surface area contributed by atoms with Crippen LogP contribution in [-0.4, -0.2) is 33.3 Å². The van der Waals surface area contributed by atoms with Gasteiger partial charge in [0.05, 0.1) is 6.04 Å². The van der Waals surface area contributed by atoms with E-state index in [0.29, 0.717) is 12.0 Å². The van der Waals surface area contributed by atoms with Crippen molar-refractivity contribution in [3.8, 4) is 0 Å². The summed E-state index contributed by atoms with van der Waals surface area (Å²) in [5.74, 6) is 1.63. The van der Waals surface area contributed by atoms with E-state index >= 15 is 0 Å². The Hall–Kier alpha value is -0.970. The third kappa shape index (κ3) is 2.65. The van der Waals surface area contributed by atoms with Gasteiger partial charge < -0.3 is 5.32 Å². The summed E-state index contributed by atoms with van der Waals surface area (Å²) < 4.78 is 0. The summed E-state index contributed by atoms with van der Waals surface area (Å²) in [5.41, 5.74) is 0. The molecule has 0 radical (unpaired) electrons. The summed E-state index contributed by atoms with van der Waals surface area (Å²) in [4.78, 5) is 1.86. The number of hydrogen-bond acceptors (Lipinski definition) is 4. The van der Waals surface area contributed by atoms with Crippen LogP contribution in [0.1, 0.15) is 50.4 Å². The Bertz CT molecular complexity index is 350. The second-order valence-corrected chi connectivity index (χ2v) is 5.38. The molecule has 94 valence electrons. The van der Waals surface area contributed by atoms with Crippen LogP contribution in [0.25, 0.3) is 0 Å². The molecule has 1 saturated heterocycles. The summed E-state index contributed by atoms with van der Waals surface area (Å²) in [6.07, 6.45) is 8.63. The number of nitrogens with one attached hydrogen (secondary N) is 1. The molecular formula is C12H21N5. The Balaban J connectivity index is 1.59. The molecule has 2 aliphatic rings. The minimum Gasteiger partial charge on any atom is -0.316 e. The third-order valence-electron chi connectivity index (χ3n) is 3.99. The second kappa shape index (κ2) is 5.12. The van der Waals surface area contributed by atoms with Gasteiger partial charge in [0, 0.05) is 6.42 Å². The summed E-state index contributed by atoms with van der Waals surface area (Å²) >= 11 is 0. The topological polar surface area (TPSA) is 55.6 Å². The first-order valence-electron chi connectivity index (χ1n) is 6.91. The molecule has 1 aliphatic carbocycles. The third-order valence-corrected chi connectivity index (χ3v) is 3.99. The molecule has 1 aliphatic heterocycles. The minimum absolute atomic E-state index is 0.515. The average molecular weight is 235 g/mol. The number of hydrogen-bond donors (Lipinski definition) is 1. The van der Waals surface area contributed by atoms with Crippen molar-refractivity contribution in [3.05, 3.63) is 5.82 Å². The summed E-state index contributed by atoms with van der Waals surface area (Å²) in [5, 5.41) is 16.4. The molecule has 0 amide bonds. The molecule has 2 heterocycles. The highest BCUT2D eigenvalue weighted by molar-refractivity contribution is 4.85. The molecule has 5 nitrogen and oxygen atoms in total. The van der Waals surface area contributed by atoms with Crippen LogP contribution in [-0.2, 0) is 6.42 Å². The fraction of sp³-hybridized carbons (Fsp3) is 0.917. The molecular weight excluding hydrogens is 214 g/mol. The van der Waals surface area contributed by atoms with Gasteiger partial charge in [-0.1, -0.05) is 12.8 Å². The van der Waals surface area contributed by atoms with Gasteiger partial charge in [-0.3, -0.25) is 0 Å². The van der Waals surface area contributed by atoms with Crippen LogP contribution in [0.2, 0.25) is 0 Å². The Morgan fingerprint density at radius 3 is 2.82 bits per heavy atom. The van der Waals surface area contributed by atoms with Gasteiger partial charge in [0.1, 0.15) is 0 Å². The van der Waals surface area contributed by atoms with Gasteiger partial charge in [0.15, 0.2) is 5.82 Å². The fourth-order valence-corrected chi connectivity index (χ4v) is 2.98. The lowest BCUT2D eigenvalue weighted by Gasteiger charge is -2.21. The SMILES string of the molecule is C1CNCC(Cc2nnn(C3CCCC3)n2)C1. The quantitative estimate of drug-likeness (QED) is 0.858. The highest BCUT2D eigenvalue weighted by Gasteiger charge is 2.21. The lowest BCUT2D eigenvalue weighted by molar-refractivity contribution is 0.367. The zero-order valence-corrected chi connectivity index (χ0v) is 10.3. The first-order chi connectivity index (χ1) is 8.42. The van der Waals surface area contributed by atoms with Crippen LogP contribution < -0.4 is 5.32 Å². The highest BCUT2D eigenvalue weighted by atomic mass is 15.6. The number of tetrazole rings is 1. The molecule has 0 spiro atoms. The van der Waals surface area contributed by atoms with Crippen LogP contribution in [0.15, 0.2) is 0 Å². The van der Waals surface area contributed by atoms with E-state index < -0.39 is 0 Å². The van der Waals surface area contributed by atoms with Crippen LogP contribution in [0.5, 0.6) is 0 Å². The first kappa shape index (κ1) is 11.1. The van der Waals surface area contributed by atoms with E-state index in [2.05, 4.69) is 20.7 Å². The maximum absolute atomic E-state index is 4.55. The molecule has 0 bridgehead atoms. The molecule has 17 heavy (non-hydrogen) atoms. The molecule has 1 N–H and O–H groups in total. The van der Waals surface area contributed by atoms with Gasteiger partial charge >= 0.3 is 0 Å². The smallest absolute Gasteiger partial charge is 0.175 e. The van der Waals surface area contributed by atoms with Crippen LogP contribution in [0.4, 0.5) is 0 Å². The van der Waals surface area contributed by atoms with Crippen molar-refractivity contribution < 1.29 is 0 Å². The lowest BCUT2D eigenvalue weighted by Crippen LogP contribution is -2.31. The van der Waals surface area contributed by atoms with E-state index in [1.54, 1.807) is 0 Å². The molecule has 1 saturated carbocycles. The van der Waals surface area contributed by atoms with Crippen molar-refractivity contribution in [1.82, 2.24) is 25.5 Å². The molecule has 1 aromatic rings. The number of rotatable bonds is 3. The summed E-state index contributed by atoms with van der Waals surface area (Å²) in [7, 11) is 0. The van der Waals surface area contributed by atoms with E-state index in [9.17, 15) is 0 Å². The van der Waals surface area contributed by atoms with Gasteiger partial charge in [-0.25, -0.2) is 0 Å². The highest BCUT2D eigenvalue weighted by Crippen LogP contribution is 2.27. The first-order valence-corrected chi connectivity index (χ1v) is 6.91. The van der Waals surface area contributed by atoms with Gasteiger partial charge in [0.25, 0.3) is 0 Å². The molecule has 5 heteroatoms. The monoisotopic (exact) mass is 235 g/mol. The van der Waals surface area contributed by atoms with Crippen LogP contribution >= 0.6 is 0 Å². The van der Waals surface area contributed by atoms with Crippen molar-refractivity contribution in [2.45, 2.75) is 51.0 Å². The Labute approximate surface area is 102 Å². The van der Waals surface area contributed by atoms with Crippen molar-refractivity contribution in [1.29, 1.82) is 0 Å². The average Bonchev–Trinajstić information content (AvgIpc) is 3.00. The predicted molar refractivity (Wildman–Crippen MR) is 64.6 cm³/mol. The Morgan fingerprint density at radius 1 is 1.18 bits per heavy atom. The Kier molecular flexibility index (Phi) is 3.36. The maximum Gasteiger partial charge on any atom is 0.175 e. The van der Waals surface area contributed by atoms with Gasteiger partial charge in [0.2, 0.25) is 0 Å². The van der Waals surface area contributed by atoms with E-state index in [4.69, 9.17) is 0 Å². The van der Waals surface area contributed by atoms with Crippen molar-refractivity contribution in [2.75, 3.05) is 13.1 Å². The number of piperidine rings is 1.